The van der Waals surface area contributed by atoms with Crippen molar-refractivity contribution in [3.63, 3.8) is 0 Å². The average Bonchev–Trinajstić information content (AvgIpc) is 3.17. The second kappa shape index (κ2) is 6.87. The van der Waals surface area contributed by atoms with E-state index in [0.29, 0.717) is 5.92 Å². The van der Waals surface area contributed by atoms with E-state index < -0.39 is 0 Å². The highest BCUT2D eigenvalue weighted by molar-refractivity contribution is 5.94. The standard InChI is InChI=1S/C25H30N/c1-17(2)20-11-12-23-22(15-20)13-14-26(4)25(23)24-16-21(10-9-18(24)3)19-7-5-6-8-19/h9-17,19H,5-8H2,1-4H3/q+1. The van der Waals surface area contributed by atoms with Gasteiger partial charge in [0.05, 0.1) is 5.39 Å². The average molecular weight is 345 g/mol. The second-order valence-electron chi connectivity index (χ2n) is 8.33. The van der Waals surface area contributed by atoms with Crippen LogP contribution in [0.3, 0.4) is 0 Å². The van der Waals surface area contributed by atoms with Gasteiger partial charge in [-0.05, 0) is 65.8 Å². The molecule has 1 aliphatic carbocycles. The molecule has 1 aliphatic rings. The molecule has 1 nitrogen and oxygen atoms in total. The molecule has 0 radical (unpaired) electrons. The van der Waals surface area contributed by atoms with Crippen LogP contribution in [0, 0.1) is 6.92 Å². The largest absolute Gasteiger partial charge is 0.220 e. The van der Waals surface area contributed by atoms with Gasteiger partial charge >= 0.3 is 0 Å². The Morgan fingerprint density at radius 2 is 1.73 bits per heavy atom. The monoisotopic (exact) mass is 344 g/mol. The maximum absolute atomic E-state index is 2.47. The number of hydrogen-bond acceptors (Lipinski definition) is 0. The summed E-state index contributed by atoms with van der Waals surface area (Å²) in [6.07, 6.45) is 7.68. The summed E-state index contributed by atoms with van der Waals surface area (Å²) in [6.45, 7) is 6.77. The Morgan fingerprint density at radius 1 is 0.962 bits per heavy atom. The van der Waals surface area contributed by atoms with Crippen LogP contribution >= 0.6 is 0 Å². The number of pyridine rings is 1. The molecular weight excluding hydrogens is 314 g/mol. The Labute approximate surface area is 157 Å². The van der Waals surface area contributed by atoms with Gasteiger partial charge in [-0.2, -0.15) is 0 Å². The molecule has 0 spiro atoms. The van der Waals surface area contributed by atoms with Gasteiger partial charge in [0.15, 0.2) is 6.20 Å². The van der Waals surface area contributed by atoms with Crippen LogP contribution < -0.4 is 4.57 Å². The topological polar surface area (TPSA) is 3.88 Å². The Balaban J connectivity index is 1.90. The molecule has 134 valence electrons. The lowest BCUT2D eigenvalue weighted by Gasteiger charge is -2.14. The van der Waals surface area contributed by atoms with Gasteiger partial charge in [0.25, 0.3) is 0 Å². The molecule has 0 aliphatic heterocycles. The lowest BCUT2D eigenvalue weighted by molar-refractivity contribution is -0.659. The Hall–Kier alpha value is -2.15. The quantitative estimate of drug-likeness (QED) is 0.483. The minimum absolute atomic E-state index is 0.559. The number of hydrogen-bond donors (Lipinski definition) is 0. The summed E-state index contributed by atoms with van der Waals surface area (Å²) in [5, 5.41) is 2.70. The lowest BCUT2D eigenvalue weighted by Crippen LogP contribution is -2.30. The summed E-state index contributed by atoms with van der Waals surface area (Å²) in [5.41, 5.74) is 7.03. The van der Waals surface area contributed by atoms with Crippen LogP contribution in [0.1, 0.15) is 68.1 Å². The number of aryl methyl sites for hydroxylation is 2. The number of benzene rings is 2. The number of aromatic nitrogens is 1. The lowest BCUT2D eigenvalue weighted by atomic mass is 9.91. The minimum atomic E-state index is 0.559. The van der Waals surface area contributed by atoms with E-state index >= 15 is 0 Å². The van der Waals surface area contributed by atoms with Crippen molar-refractivity contribution < 1.29 is 4.57 Å². The van der Waals surface area contributed by atoms with E-state index in [0.717, 1.165) is 5.92 Å². The molecule has 26 heavy (non-hydrogen) atoms. The summed E-state index contributed by atoms with van der Waals surface area (Å²) >= 11 is 0. The molecule has 1 fully saturated rings. The molecule has 1 aromatic heterocycles. The Bertz CT molecular complexity index is 946. The van der Waals surface area contributed by atoms with Gasteiger partial charge in [-0.25, -0.2) is 4.57 Å². The van der Waals surface area contributed by atoms with Crippen molar-refractivity contribution in [3.8, 4) is 11.3 Å². The predicted octanol–water partition coefficient (Wildman–Crippen LogP) is 6.42. The maximum Gasteiger partial charge on any atom is 0.220 e. The summed E-state index contributed by atoms with van der Waals surface area (Å²) in [5.74, 6) is 1.31. The zero-order chi connectivity index (χ0) is 18.3. The summed E-state index contributed by atoms with van der Waals surface area (Å²) in [6, 6.07) is 16.4. The fourth-order valence-corrected chi connectivity index (χ4v) is 4.49. The zero-order valence-electron chi connectivity index (χ0n) is 16.5. The van der Waals surface area contributed by atoms with Gasteiger partial charge in [-0.1, -0.05) is 51.0 Å². The third kappa shape index (κ3) is 3.05. The number of fused-ring (bicyclic) bond motifs is 1. The third-order valence-electron chi connectivity index (χ3n) is 6.17. The van der Waals surface area contributed by atoms with E-state index in [1.165, 1.54) is 64.4 Å². The van der Waals surface area contributed by atoms with Crippen LogP contribution in [0.25, 0.3) is 22.0 Å². The van der Waals surface area contributed by atoms with Crippen molar-refractivity contribution in [1.82, 2.24) is 0 Å². The molecule has 1 heterocycles. The van der Waals surface area contributed by atoms with Gasteiger partial charge in [0.2, 0.25) is 5.69 Å². The molecular formula is C25H30N+. The van der Waals surface area contributed by atoms with Crippen LogP contribution in [0.5, 0.6) is 0 Å². The molecule has 4 rings (SSSR count). The molecule has 0 bridgehead atoms. The molecule has 1 heteroatoms. The zero-order valence-corrected chi connectivity index (χ0v) is 16.5. The van der Waals surface area contributed by atoms with E-state index in [1.807, 2.05) is 0 Å². The normalized spacial score (nSPS) is 15.3. The van der Waals surface area contributed by atoms with Crippen LogP contribution in [0.15, 0.2) is 48.7 Å². The first-order valence-corrected chi connectivity index (χ1v) is 10.1. The fourth-order valence-electron chi connectivity index (χ4n) is 4.49. The first kappa shape index (κ1) is 17.3. The van der Waals surface area contributed by atoms with E-state index in [9.17, 15) is 0 Å². The highest BCUT2D eigenvalue weighted by atomic mass is 14.9. The smallest absolute Gasteiger partial charge is 0.200 e. The minimum Gasteiger partial charge on any atom is -0.200 e. The number of nitrogens with zero attached hydrogens (tertiary/aromatic N) is 1. The van der Waals surface area contributed by atoms with Gasteiger partial charge in [0, 0.05) is 11.6 Å². The molecule has 3 aromatic rings. The van der Waals surface area contributed by atoms with Crippen molar-refractivity contribution in [2.45, 2.75) is 58.3 Å². The summed E-state index contributed by atoms with van der Waals surface area (Å²) in [7, 11) is 2.17. The molecule has 2 aromatic carbocycles. The van der Waals surface area contributed by atoms with Crippen molar-refractivity contribution in [2.75, 3.05) is 0 Å². The second-order valence-corrected chi connectivity index (χ2v) is 8.33. The fraction of sp³-hybridized carbons (Fsp3) is 0.400. The Kier molecular flexibility index (Phi) is 4.56. The summed E-state index contributed by atoms with van der Waals surface area (Å²) < 4.78 is 2.29. The van der Waals surface area contributed by atoms with Crippen LogP contribution in [-0.4, -0.2) is 0 Å². The van der Waals surface area contributed by atoms with E-state index in [4.69, 9.17) is 0 Å². The Morgan fingerprint density at radius 3 is 2.46 bits per heavy atom. The first-order chi connectivity index (χ1) is 12.5. The molecule has 0 atom stereocenters. The van der Waals surface area contributed by atoms with Crippen LogP contribution in [-0.2, 0) is 7.05 Å². The van der Waals surface area contributed by atoms with Crippen molar-refractivity contribution in [1.29, 1.82) is 0 Å². The van der Waals surface area contributed by atoms with Gasteiger partial charge < -0.3 is 0 Å². The van der Waals surface area contributed by atoms with Crippen LogP contribution in [0.4, 0.5) is 0 Å². The maximum atomic E-state index is 2.47. The van der Waals surface area contributed by atoms with Gasteiger partial charge in [-0.15, -0.1) is 0 Å². The van der Waals surface area contributed by atoms with E-state index in [1.54, 1.807) is 0 Å². The highest BCUT2D eigenvalue weighted by Crippen LogP contribution is 2.37. The van der Waals surface area contributed by atoms with Gasteiger partial charge in [-0.3, -0.25) is 0 Å². The third-order valence-corrected chi connectivity index (χ3v) is 6.17. The molecule has 0 N–H and O–H groups in total. The van der Waals surface area contributed by atoms with Crippen molar-refractivity contribution in [2.24, 2.45) is 7.05 Å². The highest BCUT2D eigenvalue weighted by Gasteiger charge is 2.22. The molecule has 0 unspecified atom stereocenters. The van der Waals surface area contributed by atoms with Crippen molar-refractivity contribution >= 4 is 10.8 Å². The SMILES string of the molecule is Cc1ccc(C2CCCC2)cc1-c1c2ccc(C(C)C)cc2cc[n+]1C. The molecule has 0 saturated heterocycles. The first-order valence-electron chi connectivity index (χ1n) is 10.1. The number of rotatable bonds is 3. The molecule has 1 saturated carbocycles. The van der Waals surface area contributed by atoms with E-state index in [2.05, 4.69) is 81.0 Å². The van der Waals surface area contributed by atoms with Crippen molar-refractivity contribution in [3.05, 3.63) is 65.4 Å². The van der Waals surface area contributed by atoms with Gasteiger partial charge in [0.1, 0.15) is 7.05 Å². The van der Waals surface area contributed by atoms with E-state index in [-0.39, 0.29) is 0 Å². The summed E-state index contributed by atoms with van der Waals surface area (Å²) in [4.78, 5) is 0. The predicted molar refractivity (Wildman–Crippen MR) is 111 cm³/mol. The molecule has 0 amide bonds. The van der Waals surface area contributed by atoms with Crippen LogP contribution in [0.2, 0.25) is 0 Å².